The van der Waals surface area contributed by atoms with Gasteiger partial charge < -0.3 is 25.8 Å². The van der Waals surface area contributed by atoms with E-state index in [4.69, 9.17) is 4.98 Å². The summed E-state index contributed by atoms with van der Waals surface area (Å²) in [5.41, 5.74) is 1.16. The molecule has 4 amide bonds. The Balaban J connectivity index is 1.29. The molecular weight excluding hydrogens is 595 g/mol. The lowest BCUT2D eigenvalue weighted by Crippen LogP contribution is -2.51. The summed E-state index contributed by atoms with van der Waals surface area (Å²) in [6, 6.07) is 4.69. The van der Waals surface area contributed by atoms with Gasteiger partial charge in [0.25, 0.3) is 5.91 Å². The number of unbranched alkanes of at least 4 members (excludes halogenated alkanes) is 1. The average molecular weight is 641 g/mol. The monoisotopic (exact) mass is 640 g/mol. The van der Waals surface area contributed by atoms with Crippen molar-refractivity contribution >= 4 is 35.0 Å². The van der Waals surface area contributed by atoms with Crippen LogP contribution >= 0.6 is 11.3 Å². The van der Waals surface area contributed by atoms with Crippen molar-refractivity contribution < 1.29 is 23.6 Å². The van der Waals surface area contributed by atoms with Gasteiger partial charge in [0.15, 0.2) is 0 Å². The number of nitrogens with zero attached hydrogens (tertiary/aromatic N) is 3. The van der Waals surface area contributed by atoms with Gasteiger partial charge in [0.2, 0.25) is 17.7 Å². The van der Waals surface area contributed by atoms with Crippen molar-refractivity contribution in [2.45, 2.75) is 102 Å². The first-order valence-electron chi connectivity index (χ1n) is 16.2. The van der Waals surface area contributed by atoms with Crippen LogP contribution in [0.2, 0.25) is 0 Å². The zero-order chi connectivity index (χ0) is 32.1. The number of amides is 4. The molecule has 4 aliphatic rings. The SMILES string of the molecule is Cc1sc2nc1CC(=O)N[C@@H](CCCCNC(=O)c1ccc(F)cc1)CC(=O)N1C[C@@H](NC(C)C)C[C@H]1C(=O)N1CCC2CC1. The van der Waals surface area contributed by atoms with Crippen molar-refractivity contribution in [2.75, 3.05) is 26.2 Å². The number of rotatable bonds is 8. The maximum Gasteiger partial charge on any atom is 0.251 e. The molecule has 4 bridgehead atoms. The molecule has 2 fully saturated rings. The molecule has 2 saturated heterocycles. The predicted molar refractivity (Wildman–Crippen MR) is 170 cm³/mol. The van der Waals surface area contributed by atoms with Crippen molar-refractivity contribution in [2.24, 2.45) is 0 Å². The van der Waals surface area contributed by atoms with Crippen LogP contribution in [0.3, 0.4) is 0 Å². The van der Waals surface area contributed by atoms with Gasteiger partial charge in [-0.1, -0.05) is 13.8 Å². The van der Waals surface area contributed by atoms with Crippen molar-refractivity contribution in [1.82, 2.24) is 30.7 Å². The molecule has 4 aliphatic heterocycles. The first kappa shape index (κ1) is 33.0. The Kier molecular flexibility index (Phi) is 10.9. The van der Waals surface area contributed by atoms with Gasteiger partial charge in [0.1, 0.15) is 11.9 Å². The summed E-state index contributed by atoms with van der Waals surface area (Å²) in [5, 5.41) is 10.5. The molecule has 0 radical (unpaired) electrons. The van der Waals surface area contributed by atoms with Gasteiger partial charge in [0.05, 0.1) is 17.1 Å². The van der Waals surface area contributed by atoms with E-state index in [0.717, 1.165) is 28.4 Å². The fraction of sp³-hybridized carbons (Fsp3) is 0.606. The summed E-state index contributed by atoms with van der Waals surface area (Å²) >= 11 is 1.64. The number of carbonyl (C=O) groups is 4. The molecule has 3 atom stereocenters. The molecule has 5 heterocycles. The molecule has 0 aliphatic carbocycles. The van der Waals surface area contributed by atoms with Crippen LogP contribution in [-0.2, 0) is 20.8 Å². The molecule has 1 aromatic carbocycles. The number of carbonyl (C=O) groups excluding carboxylic acids is 4. The van der Waals surface area contributed by atoms with E-state index in [-0.39, 0.29) is 54.5 Å². The molecule has 0 saturated carbocycles. The van der Waals surface area contributed by atoms with Gasteiger partial charge in [-0.3, -0.25) is 19.2 Å². The van der Waals surface area contributed by atoms with Gasteiger partial charge in [0, 0.05) is 67.1 Å². The van der Waals surface area contributed by atoms with E-state index < -0.39 is 17.9 Å². The number of aromatic nitrogens is 1. The smallest absolute Gasteiger partial charge is 0.251 e. The Bertz CT molecular complexity index is 1370. The number of benzene rings is 1. The summed E-state index contributed by atoms with van der Waals surface area (Å²) in [5.74, 6) is -0.715. The number of halogens is 1. The number of hydrogen-bond donors (Lipinski definition) is 3. The fourth-order valence-electron chi connectivity index (χ4n) is 6.69. The van der Waals surface area contributed by atoms with Crippen LogP contribution in [0.4, 0.5) is 4.39 Å². The number of hydrogen-bond acceptors (Lipinski definition) is 7. The van der Waals surface area contributed by atoms with Crippen molar-refractivity contribution in [3.8, 4) is 0 Å². The van der Waals surface area contributed by atoms with Crippen LogP contribution in [0.5, 0.6) is 0 Å². The quantitative estimate of drug-likeness (QED) is 0.381. The third-order valence-electron chi connectivity index (χ3n) is 9.03. The Morgan fingerprint density at radius 2 is 1.87 bits per heavy atom. The minimum absolute atomic E-state index is 0.00967. The maximum absolute atomic E-state index is 13.9. The highest BCUT2D eigenvalue weighted by Crippen LogP contribution is 2.34. The average Bonchev–Trinajstić information content (AvgIpc) is 3.59. The lowest BCUT2D eigenvalue weighted by molar-refractivity contribution is -0.145. The largest absolute Gasteiger partial charge is 0.353 e. The van der Waals surface area contributed by atoms with Gasteiger partial charge in [-0.05, 0) is 69.7 Å². The molecule has 244 valence electrons. The normalized spacial score (nSPS) is 24.2. The minimum atomic E-state index is -0.523. The molecule has 2 aromatic rings. The number of thiazole rings is 1. The number of aryl methyl sites for hydroxylation is 1. The fourth-order valence-corrected chi connectivity index (χ4v) is 7.80. The molecule has 1 aromatic heterocycles. The Morgan fingerprint density at radius 1 is 1.13 bits per heavy atom. The summed E-state index contributed by atoms with van der Waals surface area (Å²) in [6.07, 6.45) is 4.32. The van der Waals surface area contributed by atoms with Crippen molar-refractivity contribution in [3.63, 3.8) is 0 Å². The summed E-state index contributed by atoms with van der Waals surface area (Å²) in [4.78, 5) is 63.0. The molecule has 3 N–H and O–H groups in total. The molecule has 0 spiro atoms. The molecule has 12 heteroatoms. The van der Waals surface area contributed by atoms with E-state index >= 15 is 0 Å². The highest BCUT2D eigenvalue weighted by molar-refractivity contribution is 7.11. The van der Waals surface area contributed by atoms with Gasteiger partial charge in [-0.15, -0.1) is 11.3 Å². The molecular formula is C33H45FN6O4S. The number of fused-ring (bicyclic) bond motifs is 7. The highest BCUT2D eigenvalue weighted by Gasteiger charge is 2.42. The zero-order valence-electron chi connectivity index (χ0n) is 26.4. The van der Waals surface area contributed by atoms with Gasteiger partial charge in [-0.2, -0.15) is 0 Å². The van der Waals surface area contributed by atoms with E-state index in [1.165, 1.54) is 24.3 Å². The minimum Gasteiger partial charge on any atom is -0.353 e. The summed E-state index contributed by atoms with van der Waals surface area (Å²) in [6.45, 7) is 8.26. The second-order valence-electron chi connectivity index (χ2n) is 12.9. The number of nitrogens with one attached hydrogen (secondary N) is 3. The first-order chi connectivity index (χ1) is 21.6. The summed E-state index contributed by atoms with van der Waals surface area (Å²) in [7, 11) is 0. The van der Waals surface area contributed by atoms with Crippen LogP contribution in [0.15, 0.2) is 24.3 Å². The number of piperidine rings is 1. The zero-order valence-corrected chi connectivity index (χ0v) is 27.3. The Hall–Kier alpha value is -3.38. The van der Waals surface area contributed by atoms with Crippen LogP contribution in [0.1, 0.15) is 90.6 Å². The Labute approximate surface area is 268 Å². The second-order valence-corrected chi connectivity index (χ2v) is 14.1. The van der Waals surface area contributed by atoms with Gasteiger partial charge in [-0.25, -0.2) is 9.37 Å². The molecule has 10 nitrogen and oxygen atoms in total. The summed E-state index contributed by atoms with van der Waals surface area (Å²) < 4.78 is 13.2. The van der Waals surface area contributed by atoms with E-state index in [1.807, 2.05) is 11.8 Å². The van der Waals surface area contributed by atoms with E-state index in [0.29, 0.717) is 57.4 Å². The maximum atomic E-state index is 13.9. The van der Waals surface area contributed by atoms with Crippen molar-refractivity contribution in [3.05, 3.63) is 51.2 Å². The van der Waals surface area contributed by atoms with Crippen LogP contribution in [0, 0.1) is 12.7 Å². The second kappa shape index (κ2) is 14.8. The Morgan fingerprint density at radius 3 is 2.58 bits per heavy atom. The van der Waals surface area contributed by atoms with Gasteiger partial charge >= 0.3 is 0 Å². The molecule has 45 heavy (non-hydrogen) atoms. The van der Waals surface area contributed by atoms with E-state index in [9.17, 15) is 23.6 Å². The molecule has 6 rings (SSSR count). The van der Waals surface area contributed by atoms with E-state index in [1.54, 1.807) is 16.2 Å². The van der Waals surface area contributed by atoms with E-state index in [2.05, 4.69) is 29.8 Å². The first-order valence-corrected chi connectivity index (χ1v) is 17.0. The standard InChI is InChI=1S/C33H45FN6O4S/c1-20(2)36-26-16-28-33(44)39-14-11-23(12-15-39)32-38-27(21(3)45-32)18-29(41)37-25(17-30(42)40(28)19-26)6-4-5-13-35-31(43)22-7-9-24(34)10-8-22/h7-10,20,23,25-26,28,36H,4-6,11-19H2,1-3H3,(H,35,43)(H,37,41)/t25-,26-,28-/m0/s1. The predicted octanol–water partition coefficient (Wildman–Crippen LogP) is 3.30. The molecule has 0 unspecified atom stereocenters. The third kappa shape index (κ3) is 8.46. The third-order valence-corrected chi connectivity index (χ3v) is 10.2. The van der Waals surface area contributed by atoms with Crippen LogP contribution < -0.4 is 16.0 Å². The highest BCUT2D eigenvalue weighted by atomic mass is 32.1. The topological polar surface area (TPSA) is 124 Å². The lowest BCUT2D eigenvalue weighted by Gasteiger charge is -2.35. The van der Waals surface area contributed by atoms with Crippen molar-refractivity contribution in [1.29, 1.82) is 0 Å². The lowest BCUT2D eigenvalue weighted by atomic mass is 9.96. The van der Waals surface area contributed by atoms with Crippen LogP contribution in [-0.4, -0.2) is 88.8 Å². The van der Waals surface area contributed by atoms with Crippen LogP contribution in [0.25, 0.3) is 0 Å².